The predicted octanol–water partition coefficient (Wildman–Crippen LogP) is 3.77. The molecule has 6 nitrogen and oxygen atoms in total. The van der Waals surface area contributed by atoms with Crippen LogP contribution in [0.5, 0.6) is 5.75 Å². The first-order valence-electron chi connectivity index (χ1n) is 9.31. The Morgan fingerprint density at radius 2 is 1.89 bits per heavy atom. The van der Waals surface area contributed by atoms with Crippen LogP contribution >= 0.6 is 0 Å². The van der Waals surface area contributed by atoms with Crippen LogP contribution < -0.4 is 10.1 Å². The van der Waals surface area contributed by atoms with Crippen LogP contribution in [0.2, 0.25) is 0 Å². The average Bonchev–Trinajstić information content (AvgIpc) is 3.06. The summed E-state index contributed by atoms with van der Waals surface area (Å²) in [4.78, 5) is 16.8. The molecule has 0 atom stereocenters. The van der Waals surface area contributed by atoms with Crippen LogP contribution in [0.25, 0.3) is 11.0 Å². The van der Waals surface area contributed by atoms with Crippen molar-refractivity contribution in [1.82, 2.24) is 20.1 Å². The molecule has 3 rings (SSSR count). The lowest BCUT2D eigenvalue weighted by Gasteiger charge is -2.10. The van der Waals surface area contributed by atoms with Crippen molar-refractivity contribution in [3.8, 4) is 5.75 Å². The van der Waals surface area contributed by atoms with Gasteiger partial charge in [-0.05, 0) is 57.9 Å². The molecule has 1 aromatic carbocycles. The second kappa shape index (κ2) is 8.20. The quantitative estimate of drug-likeness (QED) is 0.691. The first kappa shape index (κ1) is 18.9. The van der Waals surface area contributed by atoms with Crippen LogP contribution in [0.3, 0.4) is 0 Å². The van der Waals surface area contributed by atoms with Gasteiger partial charge in [0.2, 0.25) is 0 Å². The Balaban J connectivity index is 1.57. The van der Waals surface area contributed by atoms with Gasteiger partial charge in [-0.2, -0.15) is 5.10 Å². The largest absolute Gasteiger partial charge is 0.491 e. The fraction of sp³-hybridized carbons (Fsp3) is 0.381. The zero-order valence-electron chi connectivity index (χ0n) is 16.3. The third-order valence-corrected chi connectivity index (χ3v) is 4.18. The number of rotatable bonds is 7. The maximum absolute atomic E-state index is 12.4. The number of pyridine rings is 1. The number of aromatic nitrogens is 3. The molecule has 0 fully saturated rings. The molecule has 0 unspecified atom stereocenters. The van der Waals surface area contributed by atoms with E-state index in [-0.39, 0.29) is 18.1 Å². The number of hydrogen-bond acceptors (Lipinski definition) is 4. The summed E-state index contributed by atoms with van der Waals surface area (Å²) in [5.41, 5.74) is 2.50. The summed E-state index contributed by atoms with van der Waals surface area (Å²) in [5, 5.41) is 8.16. The maximum atomic E-state index is 12.4. The zero-order valence-corrected chi connectivity index (χ0v) is 16.3. The van der Waals surface area contributed by atoms with E-state index < -0.39 is 0 Å². The summed E-state index contributed by atoms with van der Waals surface area (Å²) in [6.07, 6.45) is 4.28. The van der Waals surface area contributed by atoms with Gasteiger partial charge >= 0.3 is 0 Å². The summed E-state index contributed by atoms with van der Waals surface area (Å²) >= 11 is 0. The number of hydrogen-bond donors (Lipinski definition) is 1. The second-order valence-electron chi connectivity index (χ2n) is 7.14. The predicted molar refractivity (Wildman–Crippen MR) is 106 cm³/mol. The van der Waals surface area contributed by atoms with Gasteiger partial charge < -0.3 is 10.1 Å². The fourth-order valence-corrected chi connectivity index (χ4v) is 2.87. The van der Waals surface area contributed by atoms with E-state index in [1.807, 2.05) is 48.9 Å². The number of carbonyl (C=O) groups is 1. The van der Waals surface area contributed by atoms with E-state index >= 15 is 0 Å². The smallest absolute Gasteiger partial charge is 0.252 e. The molecular weight excluding hydrogens is 340 g/mol. The highest BCUT2D eigenvalue weighted by Gasteiger charge is 2.11. The number of amides is 1. The second-order valence-corrected chi connectivity index (χ2v) is 7.14. The monoisotopic (exact) mass is 366 g/mol. The Labute approximate surface area is 159 Å². The molecule has 0 radical (unpaired) electrons. The number of carbonyl (C=O) groups excluding carboxylic acids is 1. The molecule has 0 spiro atoms. The molecule has 0 aliphatic rings. The number of nitrogens with one attached hydrogen (secondary N) is 1. The summed E-state index contributed by atoms with van der Waals surface area (Å²) < 4.78 is 7.49. The van der Waals surface area contributed by atoms with Crippen LogP contribution in [-0.2, 0) is 6.42 Å². The first-order valence-corrected chi connectivity index (χ1v) is 9.31. The molecule has 3 aromatic rings. The SMILES string of the molecule is CC(C)Oc1ccc(CCNC(=O)c2cnc3c(cnn3C(C)C)c2)cc1. The average molecular weight is 366 g/mol. The summed E-state index contributed by atoms with van der Waals surface area (Å²) in [5.74, 6) is 0.737. The molecule has 0 saturated heterocycles. The normalized spacial score (nSPS) is 11.3. The minimum atomic E-state index is -0.124. The van der Waals surface area contributed by atoms with Crippen molar-refractivity contribution in [2.45, 2.75) is 46.3 Å². The van der Waals surface area contributed by atoms with Crippen molar-refractivity contribution in [2.75, 3.05) is 6.54 Å². The van der Waals surface area contributed by atoms with Crippen molar-refractivity contribution in [1.29, 1.82) is 0 Å². The lowest BCUT2D eigenvalue weighted by Crippen LogP contribution is -2.25. The minimum Gasteiger partial charge on any atom is -0.491 e. The van der Waals surface area contributed by atoms with Crippen molar-refractivity contribution in [2.24, 2.45) is 0 Å². The molecule has 142 valence electrons. The Bertz CT molecular complexity index is 914. The number of benzene rings is 1. The van der Waals surface area contributed by atoms with Crippen molar-refractivity contribution >= 4 is 16.9 Å². The van der Waals surface area contributed by atoms with E-state index in [0.717, 1.165) is 28.8 Å². The van der Waals surface area contributed by atoms with Crippen LogP contribution in [0, 0.1) is 0 Å². The van der Waals surface area contributed by atoms with Crippen LogP contribution in [0.1, 0.15) is 49.7 Å². The Hall–Kier alpha value is -2.89. The Kier molecular flexibility index (Phi) is 5.74. The minimum absolute atomic E-state index is 0.124. The molecule has 0 saturated carbocycles. The molecule has 1 N–H and O–H groups in total. The molecule has 0 aliphatic carbocycles. The first-order chi connectivity index (χ1) is 12.9. The van der Waals surface area contributed by atoms with Gasteiger partial charge in [-0.15, -0.1) is 0 Å². The zero-order chi connectivity index (χ0) is 19.4. The highest BCUT2D eigenvalue weighted by atomic mass is 16.5. The van der Waals surface area contributed by atoms with Gasteiger partial charge in [0, 0.05) is 24.2 Å². The summed E-state index contributed by atoms with van der Waals surface area (Å²) in [6.45, 7) is 8.67. The Morgan fingerprint density at radius 1 is 1.15 bits per heavy atom. The molecule has 0 aliphatic heterocycles. The summed E-state index contributed by atoms with van der Waals surface area (Å²) in [6, 6.07) is 10.0. The lowest BCUT2D eigenvalue weighted by molar-refractivity contribution is 0.0954. The van der Waals surface area contributed by atoms with E-state index in [9.17, 15) is 4.79 Å². The highest BCUT2D eigenvalue weighted by Crippen LogP contribution is 2.17. The molecule has 0 bridgehead atoms. The highest BCUT2D eigenvalue weighted by molar-refractivity contribution is 5.96. The van der Waals surface area contributed by atoms with E-state index in [1.54, 1.807) is 12.4 Å². The number of ether oxygens (including phenoxy) is 1. The van der Waals surface area contributed by atoms with Gasteiger partial charge in [-0.1, -0.05) is 12.1 Å². The van der Waals surface area contributed by atoms with Crippen molar-refractivity contribution < 1.29 is 9.53 Å². The summed E-state index contributed by atoms with van der Waals surface area (Å²) in [7, 11) is 0. The van der Waals surface area contributed by atoms with E-state index in [0.29, 0.717) is 12.1 Å². The van der Waals surface area contributed by atoms with E-state index in [4.69, 9.17) is 4.74 Å². The van der Waals surface area contributed by atoms with Gasteiger partial charge in [0.15, 0.2) is 5.65 Å². The van der Waals surface area contributed by atoms with Crippen LogP contribution in [-0.4, -0.2) is 33.3 Å². The molecule has 2 heterocycles. The number of nitrogens with zero attached hydrogens (tertiary/aromatic N) is 3. The van der Waals surface area contributed by atoms with Crippen molar-refractivity contribution in [3.05, 3.63) is 53.9 Å². The Morgan fingerprint density at radius 3 is 2.56 bits per heavy atom. The standard InChI is InChI=1S/C21H26N4O2/c1-14(2)25-20-17(13-24-25)11-18(12-23-20)21(26)22-10-9-16-5-7-19(8-6-16)27-15(3)4/h5-8,11-15H,9-10H2,1-4H3,(H,22,26). The van der Waals surface area contributed by atoms with E-state index in [1.165, 1.54) is 0 Å². The van der Waals surface area contributed by atoms with Gasteiger partial charge in [0.25, 0.3) is 5.91 Å². The topological polar surface area (TPSA) is 69.0 Å². The molecule has 2 aromatic heterocycles. The molecule has 6 heteroatoms. The van der Waals surface area contributed by atoms with Gasteiger partial charge in [-0.25, -0.2) is 9.67 Å². The van der Waals surface area contributed by atoms with E-state index in [2.05, 4.69) is 29.2 Å². The van der Waals surface area contributed by atoms with Gasteiger partial charge in [0.05, 0.1) is 17.9 Å². The maximum Gasteiger partial charge on any atom is 0.252 e. The van der Waals surface area contributed by atoms with Crippen LogP contribution in [0.4, 0.5) is 0 Å². The molecule has 27 heavy (non-hydrogen) atoms. The third kappa shape index (κ3) is 4.64. The van der Waals surface area contributed by atoms with Crippen LogP contribution in [0.15, 0.2) is 42.7 Å². The third-order valence-electron chi connectivity index (χ3n) is 4.18. The van der Waals surface area contributed by atoms with Gasteiger partial charge in [0.1, 0.15) is 5.75 Å². The number of fused-ring (bicyclic) bond motifs is 1. The van der Waals surface area contributed by atoms with Gasteiger partial charge in [-0.3, -0.25) is 4.79 Å². The van der Waals surface area contributed by atoms with Crippen molar-refractivity contribution in [3.63, 3.8) is 0 Å². The fourth-order valence-electron chi connectivity index (χ4n) is 2.87. The lowest BCUT2D eigenvalue weighted by atomic mass is 10.1. The molecule has 1 amide bonds. The molecular formula is C21H26N4O2.